The molecule has 118 valence electrons. The lowest BCUT2D eigenvalue weighted by Crippen LogP contribution is -2.37. The summed E-state index contributed by atoms with van der Waals surface area (Å²) >= 11 is 0. The molecule has 1 aromatic heterocycles. The highest BCUT2D eigenvalue weighted by Crippen LogP contribution is 2.28. The number of rotatable bonds is 3. The van der Waals surface area contributed by atoms with E-state index in [1.54, 1.807) is 0 Å². The molecule has 2 atom stereocenters. The van der Waals surface area contributed by atoms with Crippen molar-refractivity contribution < 1.29 is 5.11 Å². The maximum Gasteiger partial charge on any atom is 0.138 e. The minimum Gasteiger partial charge on any atom is -0.391 e. The van der Waals surface area contributed by atoms with Crippen LogP contribution in [0.25, 0.3) is 0 Å². The third kappa shape index (κ3) is 3.64. The van der Waals surface area contributed by atoms with Gasteiger partial charge in [-0.1, -0.05) is 33.6 Å². The van der Waals surface area contributed by atoms with E-state index >= 15 is 0 Å². The van der Waals surface area contributed by atoms with Crippen LogP contribution in [-0.4, -0.2) is 34.3 Å². The Hall–Kier alpha value is -1.36. The summed E-state index contributed by atoms with van der Waals surface area (Å²) in [4.78, 5) is 9.32. The van der Waals surface area contributed by atoms with Crippen molar-refractivity contribution in [2.45, 2.75) is 70.9 Å². The van der Waals surface area contributed by atoms with Gasteiger partial charge in [-0.2, -0.15) is 0 Å². The molecular formula is C16H28N4O. The normalized spacial score (nSPS) is 23.0. The first-order valence-electron chi connectivity index (χ1n) is 7.84. The molecule has 0 aliphatic heterocycles. The minimum atomic E-state index is -0.288. The standard InChI is InChI=1S/C16H28N4O/c1-10-13(17-5)19-15(16(2,3)4)20-14(10)18-11-8-6-7-9-12(11)21/h11-12,21H,6-9H2,1-5H3,(H2,17,18,19,20). The van der Waals surface area contributed by atoms with Gasteiger partial charge in [0.25, 0.3) is 0 Å². The highest BCUT2D eigenvalue weighted by atomic mass is 16.3. The Morgan fingerprint density at radius 2 is 1.71 bits per heavy atom. The largest absolute Gasteiger partial charge is 0.391 e. The van der Waals surface area contributed by atoms with Crippen molar-refractivity contribution >= 4 is 11.6 Å². The molecule has 2 unspecified atom stereocenters. The van der Waals surface area contributed by atoms with Crippen LogP contribution in [0.3, 0.4) is 0 Å². The van der Waals surface area contributed by atoms with Crippen LogP contribution in [0.4, 0.5) is 11.6 Å². The van der Waals surface area contributed by atoms with Gasteiger partial charge in [0.2, 0.25) is 0 Å². The van der Waals surface area contributed by atoms with Crippen LogP contribution in [0, 0.1) is 6.92 Å². The second-order valence-electron chi connectivity index (χ2n) is 6.97. The molecule has 1 saturated carbocycles. The quantitative estimate of drug-likeness (QED) is 0.799. The Balaban J connectivity index is 2.33. The molecule has 1 fully saturated rings. The summed E-state index contributed by atoms with van der Waals surface area (Å²) in [7, 11) is 1.88. The second kappa shape index (κ2) is 6.18. The number of aliphatic hydroxyl groups is 1. The van der Waals surface area contributed by atoms with E-state index in [-0.39, 0.29) is 17.6 Å². The number of hydrogen-bond acceptors (Lipinski definition) is 5. The van der Waals surface area contributed by atoms with Crippen LogP contribution in [0.2, 0.25) is 0 Å². The fourth-order valence-electron chi connectivity index (χ4n) is 2.69. The third-order valence-electron chi connectivity index (χ3n) is 4.11. The number of anilines is 2. The van der Waals surface area contributed by atoms with Crippen molar-refractivity contribution in [1.82, 2.24) is 9.97 Å². The van der Waals surface area contributed by atoms with Gasteiger partial charge < -0.3 is 15.7 Å². The van der Waals surface area contributed by atoms with Crippen molar-refractivity contribution in [3.63, 3.8) is 0 Å². The van der Waals surface area contributed by atoms with Crippen molar-refractivity contribution in [3.05, 3.63) is 11.4 Å². The van der Waals surface area contributed by atoms with E-state index in [2.05, 4.69) is 36.4 Å². The van der Waals surface area contributed by atoms with E-state index in [9.17, 15) is 5.11 Å². The molecule has 1 aliphatic carbocycles. The molecule has 0 aromatic carbocycles. The molecule has 0 spiro atoms. The molecule has 2 rings (SSSR count). The Kier molecular flexibility index (Phi) is 4.71. The van der Waals surface area contributed by atoms with E-state index in [4.69, 9.17) is 4.98 Å². The molecule has 5 nitrogen and oxygen atoms in total. The zero-order valence-electron chi connectivity index (χ0n) is 13.8. The van der Waals surface area contributed by atoms with Crippen molar-refractivity contribution in [1.29, 1.82) is 0 Å². The third-order valence-corrected chi connectivity index (χ3v) is 4.11. The fourth-order valence-corrected chi connectivity index (χ4v) is 2.69. The monoisotopic (exact) mass is 292 g/mol. The van der Waals surface area contributed by atoms with Crippen LogP contribution in [0.5, 0.6) is 0 Å². The molecule has 0 amide bonds. The SMILES string of the molecule is CNc1nc(C(C)(C)C)nc(NC2CCCCC2O)c1C. The van der Waals surface area contributed by atoms with Crippen LogP contribution >= 0.6 is 0 Å². The molecule has 1 aromatic rings. The molecule has 0 saturated heterocycles. The van der Waals surface area contributed by atoms with Gasteiger partial charge >= 0.3 is 0 Å². The van der Waals surface area contributed by atoms with Crippen LogP contribution < -0.4 is 10.6 Å². The average Bonchev–Trinajstić information content (AvgIpc) is 2.42. The lowest BCUT2D eigenvalue weighted by Gasteiger charge is -2.30. The van der Waals surface area contributed by atoms with Crippen molar-refractivity contribution in [2.24, 2.45) is 0 Å². The first-order valence-corrected chi connectivity index (χ1v) is 7.84. The highest BCUT2D eigenvalue weighted by Gasteiger charge is 2.26. The first-order chi connectivity index (χ1) is 9.82. The molecule has 5 heteroatoms. The number of hydrogen-bond donors (Lipinski definition) is 3. The molecule has 1 heterocycles. The van der Waals surface area contributed by atoms with Gasteiger partial charge in [0.15, 0.2) is 0 Å². The van der Waals surface area contributed by atoms with Gasteiger partial charge in [0.05, 0.1) is 12.1 Å². The molecule has 0 bridgehead atoms. The molecular weight excluding hydrogens is 264 g/mol. The van der Waals surface area contributed by atoms with Crippen LogP contribution in [-0.2, 0) is 5.41 Å². The number of nitrogens with zero attached hydrogens (tertiary/aromatic N) is 2. The average molecular weight is 292 g/mol. The van der Waals surface area contributed by atoms with Crippen LogP contribution in [0.1, 0.15) is 57.8 Å². The van der Waals surface area contributed by atoms with Gasteiger partial charge in [-0.3, -0.25) is 0 Å². The predicted octanol–water partition coefficient (Wildman–Crippen LogP) is 2.84. The number of nitrogens with one attached hydrogen (secondary N) is 2. The van der Waals surface area contributed by atoms with Gasteiger partial charge in [-0.05, 0) is 19.8 Å². The van der Waals surface area contributed by atoms with Gasteiger partial charge in [-0.15, -0.1) is 0 Å². The topological polar surface area (TPSA) is 70.1 Å². The maximum atomic E-state index is 10.2. The van der Waals surface area contributed by atoms with Gasteiger partial charge in [0.1, 0.15) is 17.5 Å². The summed E-state index contributed by atoms with van der Waals surface area (Å²) < 4.78 is 0. The van der Waals surface area contributed by atoms with E-state index in [0.29, 0.717) is 0 Å². The summed E-state index contributed by atoms with van der Waals surface area (Å²) in [6.07, 6.45) is 3.84. The van der Waals surface area contributed by atoms with E-state index < -0.39 is 0 Å². The van der Waals surface area contributed by atoms with Gasteiger partial charge in [-0.25, -0.2) is 9.97 Å². The minimum absolute atomic E-state index is 0.0878. The summed E-state index contributed by atoms with van der Waals surface area (Å²) in [5, 5.41) is 16.7. The first kappa shape index (κ1) is 16.0. The Bertz CT molecular complexity index is 496. The molecule has 21 heavy (non-hydrogen) atoms. The number of aliphatic hydroxyl groups excluding tert-OH is 1. The Morgan fingerprint density at radius 3 is 2.29 bits per heavy atom. The zero-order valence-corrected chi connectivity index (χ0v) is 13.8. The molecule has 3 N–H and O–H groups in total. The fraction of sp³-hybridized carbons (Fsp3) is 0.750. The number of aromatic nitrogens is 2. The lowest BCUT2D eigenvalue weighted by atomic mass is 9.92. The predicted molar refractivity (Wildman–Crippen MR) is 86.9 cm³/mol. The van der Waals surface area contributed by atoms with E-state index in [0.717, 1.165) is 48.7 Å². The van der Waals surface area contributed by atoms with E-state index in [1.807, 2.05) is 14.0 Å². The maximum absolute atomic E-state index is 10.2. The van der Waals surface area contributed by atoms with Crippen molar-refractivity contribution in [2.75, 3.05) is 17.7 Å². The lowest BCUT2D eigenvalue weighted by molar-refractivity contribution is 0.116. The zero-order chi connectivity index (χ0) is 15.6. The van der Waals surface area contributed by atoms with Gasteiger partial charge in [0, 0.05) is 18.0 Å². The summed E-state index contributed by atoms with van der Waals surface area (Å²) in [5.41, 5.74) is 0.893. The highest BCUT2D eigenvalue weighted by molar-refractivity contribution is 5.57. The van der Waals surface area contributed by atoms with Crippen LogP contribution in [0.15, 0.2) is 0 Å². The Morgan fingerprint density at radius 1 is 1.10 bits per heavy atom. The summed E-state index contributed by atoms with van der Waals surface area (Å²) in [5.74, 6) is 2.50. The second-order valence-corrected chi connectivity index (χ2v) is 6.97. The summed E-state index contributed by atoms with van der Waals surface area (Å²) in [6, 6.07) is 0.0878. The van der Waals surface area contributed by atoms with E-state index in [1.165, 1.54) is 0 Å². The summed E-state index contributed by atoms with van der Waals surface area (Å²) in [6.45, 7) is 8.33. The molecule has 1 aliphatic rings. The van der Waals surface area contributed by atoms with Crippen molar-refractivity contribution in [3.8, 4) is 0 Å². The smallest absolute Gasteiger partial charge is 0.138 e. The Labute approximate surface area is 127 Å². The molecule has 0 radical (unpaired) electrons.